The topological polar surface area (TPSA) is 117 Å². The number of hydrogen-bond acceptors (Lipinski definition) is 7. The fourth-order valence-electron chi connectivity index (χ4n) is 4.05. The molecule has 0 atom stereocenters. The number of aromatic nitrogens is 4. The van der Waals surface area contributed by atoms with Crippen LogP contribution >= 0.6 is 34.5 Å². The number of H-pyrrole nitrogens is 1. The molecule has 1 aliphatic heterocycles. The molecule has 0 saturated carbocycles. The summed E-state index contributed by atoms with van der Waals surface area (Å²) in [6.07, 6.45) is 0. The SMILES string of the molecule is O=C1ON=[N+](c2ccccc2)C1=c1cc(-c2c(Cl)cccc2Cl)sc2nnc(CNC(=O)c3ccccc3)n2[nH]1. The molecular weight excluding hydrogens is 573 g/mol. The maximum atomic E-state index is 13.0. The monoisotopic (exact) mass is 590 g/mol. The number of benzene rings is 3. The van der Waals surface area contributed by atoms with Gasteiger partial charge in [-0.3, -0.25) is 14.7 Å². The van der Waals surface area contributed by atoms with Crippen LogP contribution in [0.3, 0.4) is 0 Å². The van der Waals surface area contributed by atoms with Gasteiger partial charge in [0.15, 0.2) is 5.82 Å². The molecule has 0 aliphatic carbocycles. The van der Waals surface area contributed by atoms with E-state index in [1.54, 1.807) is 65.2 Å². The molecule has 3 aromatic carbocycles. The van der Waals surface area contributed by atoms with Crippen LogP contribution in [0, 0.1) is 0 Å². The van der Waals surface area contributed by atoms with Crippen molar-refractivity contribution < 1.29 is 19.1 Å². The van der Waals surface area contributed by atoms with Gasteiger partial charge in [0.1, 0.15) is 5.35 Å². The third kappa shape index (κ3) is 4.93. The maximum absolute atomic E-state index is 13.0. The van der Waals surface area contributed by atoms with Gasteiger partial charge in [-0.1, -0.05) is 77.0 Å². The van der Waals surface area contributed by atoms with E-state index in [-0.39, 0.29) is 18.1 Å². The normalized spacial score (nSPS) is 14.2. The number of carbonyl (C=O) groups is 2. The molecule has 10 nitrogen and oxygen atoms in total. The summed E-state index contributed by atoms with van der Waals surface area (Å²) in [5.41, 5.74) is 1.79. The average molecular weight is 591 g/mol. The second-order valence-electron chi connectivity index (χ2n) is 8.47. The fraction of sp³-hybridized carbons (Fsp3) is 0.0370. The van der Waals surface area contributed by atoms with E-state index in [0.29, 0.717) is 47.9 Å². The Morgan fingerprint density at radius 2 is 1.68 bits per heavy atom. The molecule has 40 heavy (non-hydrogen) atoms. The van der Waals surface area contributed by atoms with Crippen molar-refractivity contribution in [3.8, 4) is 10.4 Å². The van der Waals surface area contributed by atoms with Gasteiger partial charge >= 0.3 is 11.7 Å². The molecule has 0 bridgehead atoms. The Morgan fingerprint density at radius 3 is 2.40 bits per heavy atom. The highest BCUT2D eigenvalue weighted by atomic mass is 35.5. The summed E-state index contributed by atoms with van der Waals surface area (Å²) in [6.45, 7) is 0.0519. The van der Waals surface area contributed by atoms with E-state index < -0.39 is 5.97 Å². The van der Waals surface area contributed by atoms with Crippen LogP contribution in [0.2, 0.25) is 10.0 Å². The highest BCUT2D eigenvalue weighted by Crippen LogP contribution is 2.36. The Kier molecular flexibility index (Phi) is 6.99. The largest absolute Gasteiger partial charge is 0.440 e. The number of fused-ring (bicyclic) bond motifs is 1. The first-order valence-corrected chi connectivity index (χ1v) is 13.5. The fourth-order valence-corrected chi connectivity index (χ4v) is 5.78. The van der Waals surface area contributed by atoms with E-state index in [9.17, 15) is 9.59 Å². The summed E-state index contributed by atoms with van der Waals surface area (Å²) in [5, 5.41) is 19.8. The standard InChI is InChI=1S/C27H17Cl2N7O3S/c28-18-12-7-13-19(29)23(18)21-14-20(24-26(38)39-34-35(24)17-10-5-2-6-11-17)33-36-22(31-32-27(36)40-21)15-30-25(37)16-8-3-1-4-9-16/h1-14H,15H2,(H-,30,33,34,37,38)/p+1. The molecule has 6 rings (SSSR count). The maximum Gasteiger partial charge on any atom is 0.440 e. The zero-order valence-electron chi connectivity index (χ0n) is 20.4. The van der Waals surface area contributed by atoms with Crippen molar-refractivity contribution >= 4 is 62.8 Å². The molecule has 2 aromatic heterocycles. The van der Waals surface area contributed by atoms with E-state index in [1.165, 1.54) is 16.0 Å². The third-order valence-corrected chi connectivity index (χ3v) is 7.55. The van der Waals surface area contributed by atoms with Gasteiger partial charge in [0.05, 0.1) is 16.6 Å². The zero-order valence-corrected chi connectivity index (χ0v) is 22.7. The first-order chi connectivity index (χ1) is 19.5. The Morgan fingerprint density at radius 1 is 0.975 bits per heavy atom. The van der Waals surface area contributed by atoms with Crippen LogP contribution in [-0.4, -0.2) is 36.4 Å². The van der Waals surface area contributed by atoms with Crippen LogP contribution in [-0.2, 0) is 16.2 Å². The number of halogens is 2. The minimum Gasteiger partial charge on any atom is -0.345 e. The molecular formula is C27H18Cl2N7O3S+. The summed E-state index contributed by atoms with van der Waals surface area (Å²) in [4.78, 5) is 31.8. The van der Waals surface area contributed by atoms with E-state index in [1.807, 2.05) is 24.3 Å². The van der Waals surface area contributed by atoms with Gasteiger partial charge in [0, 0.05) is 28.1 Å². The number of carbonyl (C=O) groups excluding carboxylic acids is 2. The van der Waals surface area contributed by atoms with Gasteiger partial charge in [-0.25, -0.2) is 9.31 Å². The minimum absolute atomic E-state index is 0.0519. The van der Waals surface area contributed by atoms with Gasteiger partial charge in [0.2, 0.25) is 15.9 Å². The highest BCUT2D eigenvalue weighted by molar-refractivity contribution is 7.20. The second-order valence-corrected chi connectivity index (χ2v) is 10.3. The van der Waals surface area contributed by atoms with E-state index >= 15 is 0 Å². The van der Waals surface area contributed by atoms with Crippen LogP contribution in [0.5, 0.6) is 0 Å². The van der Waals surface area contributed by atoms with Crippen LogP contribution in [0.25, 0.3) is 21.1 Å². The molecule has 0 fully saturated rings. The van der Waals surface area contributed by atoms with Gasteiger partial charge in [-0.15, -0.1) is 10.2 Å². The van der Waals surface area contributed by atoms with E-state index in [4.69, 9.17) is 28.0 Å². The zero-order chi connectivity index (χ0) is 27.6. The molecule has 1 amide bonds. The van der Waals surface area contributed by atoms with Crippen molar-refractivity contribution in [3.05, 3.63) is 112 Å². The number of nitrogens with one attached hydrogen (secondary N) is 2. The van der Waals surface area contributed by atoms with Gasteiger partial charge in [-0.05, 0) is 35.0 Å². The van der Waals surface area contributed by atoms with Crippen LogP contribution in [0.4, 0.5) is 5.69 Å². The molecule has 0 radical (unpaired) electrons. The number of hydrogen-bond donors (Lipinski definition) is 2. The number of nitrogens with zero attached hydrogens (tertiary/aromatic N) is 5. The molecule has 13 heteroatoms. The van der Waals surface area contributed by atoms with Crippen molar-refractivity contribution in [2.75, 3.05) is 0 Å². The first kappa shape index (κ1) is 25.7. The molecule has 0 unspecified atom stereocenters. The first-order valence-electron chi connectivity index (χ1n) is 11.9. The lowest BCUT2D eigenvalue weighted by atomic mass is 10.2. The van der Waals surface area contributed by atoms with Crippen molar-refractivity contribution in [1.29, 1.82) is 0 Å². The average Bonchev–Trinajstić information content (AvgIpc) is 3.48. The summed E-state index contributed by atoms with van der Waals surface area (Å²) >= 11 is 14.4. The predicted molar refractivity (Wildman–Crippen MR) is 149 cm³/mol. The lowest BCUT2D eigenvalue weighted by Crippen LogP contribution is -2.25. The molecule has 0 saturated heterocycles. The van der Waals surface area contributed by atoms with Gasteiger partial charge in [-0.2, -0.15) is 0 Å². The molecule has 1 aliphatic rings. The Hall–Kier alpha value is -4.58. The van der Waals surface area contributed by atoms with Crippen molar-refractivity contribution in [2.24, 2.45) is 5.28 Å². The van der Waals surface area contributed by atoms with Crippen molar-refractivity contribution in [2.45, 2.75) is 6.54 Å². The third-order valence-electron chi connectivity index (χ3n) is 5.93. The highest BCUT2D eigenvalue weighted by Gasteiger charge is 2.38. The molecule has 198 valence electrons. The molecule has 5 aromatic rings. The van der Waals surface area contributed by atoms with E-state index in [2.05, 4.69) is 25.9 Å². The molecule has 0 spiro atoms. The number of para-hydroxylation sites is 1. The quantitative estimate of drug-likeness (QED) is 0.271. The molecule has 2 N–H and O–H groups in total. The Balaban J connectivity index is 1.56. The smallest absolute Gasteiger partial charge is 0.345 e. The number of amides is 1. The second kappa shape index (κ2) is 10.9. The van der Waals surface area contributed by atoms with Crippen molar-refractivity contribution in [3.63, 3.8) is 0 Å². The summed E-state index contributed by atoms with van der Waals surface area (Å²) in [7, 11) is 0. The van der Waals surface area contributed by atoms with Crippen molar-refractivity contribution in [1.82, 2.24) is 25.1 Å². The minimum atomic E-state index is -0.673. The van der Waals surface area contributed by atoms with Crippen LogP contribution in [0.1, 0.15) is 16.2 Å². The van der Waals surface area contributed by atoms with Crippen LogP contribution in [0.15, 0.2) is 90.2 Å². The lowest BCUT2D eigenvalue weighted by molar-refractivity contribution is -0.428. The van der Waals surface area contributed by atoms with E-state index in [0.717, 1.165) is 0 Å². The molecule has 3 heterocycles. The summed E-state index contributed by atoms with van der Waals surface area (Å²) in [6, 6.07) is 24.8. The predicted octanol–water partition coefficient (Wildman–Crippen LogP) is 5.24. The number of aromatic amines is 1. The Labute approximate surface area is 240 Å². The lowest BCUT2D eigenvalue weighted by Gasteiger charge is -2.04. The van der Waals surface area contributed by atoms with Gasteiger partial charge < -0.3 is 5.32 Å². The Bertz CT molecular complexity index is 1880. The summed E-state index contributed by atoms with van der Waals surface area (Å²) < 4.78 is 2.98. The summed E-state index contributed by atoms with van der Waals surface area (Å²) in [5.74, 6) is -0.556. The van der Waals surface area contributed by atoms with Crippen LogP contribution < -0.4 is 10.7 Å². The number of rotatable bonds is 5. The van der Waals surface area contributed by atoms with Gasteiger partial charge in [0.25, 0.3) is 5.91 Å².